The molecular weight excluding hydrogens is 318 g/mol. The fourth-order valence-electron chi connectivity index (χ4n) is 3.22. The van der Waals surface area contributed by atoms with Crippen LogP contribution < -0.4 is 4.90 Å². The van der Waals surface area contributed by atoms with Crippen LogP contribution in [0.4, 0.5) is 5.69 Å². The smallest absolute Gasteiger partial charge is 0.259 e. The van der Waals surface area contributed by atoms with Gasteiger partial charge in [-0.1, -0.05) is 60.2 Å². The SMILES string of the molecule is CC1=C(C2=C(c3ccccc3)C(=O)N(c3cccc(Cl)c3)C2)C=C1. The average Bonchev–Trinajstić information content (AvgIpc) is 2.91. The molecule has 0 unspecified atom stereocenters. The predicted octanol–water partition coefficient (Wildman–Crippen LogP) is 5.03. The van der Waals surface area contributed by atoms with Crippen LogP contribution in [0.1, 0.15) is 12.5 Å². The van der Waals surface area contributed by atoms with Crippen LogP contribution in [0.15, 0.2) is 83.5 Å². The molecular formula is C21H16ClNO. The van der Waals surface area contributed by atoms with E-state index in [1.165, 1.54) is 11.1 Å². The highest BCUT2D eigenvalue weighted by Gasteiger charge is 2.34. The van der Waals surface area contributed by atoms with Crippen molar-refractivity contribution in [2.45, 2.75) is 6.92 Å². The van der Waals surface area contributed by atoms with E-state index in [9.17, 15) is 4.79 Å². The minimum atomic E-state index is 0.0269. The minimum absolute atomic E-state index is 0.0269. The summed E-state index contributed by atoms with van der Waals surface area (Å²) in [4.78, 5) is 15.0. The van der Waals surface area contributed by atoms with Crippen LogP contribution in [-0.4, -0.2) is 12.5 Å². The third-order valence-electron chi connectivity index (χ3n) is 4.51. The topological polar surface area (TPSA) is 20.3 Å². The van der Waals surface area contributed by atoms with Crippen molar-refractivity contribution in [3.8, 4) is 0 Å². The van der Waals surface area contributed by atoms with Gasteiger partial charge in [-0.05, 0) is 47.4 Å². The Morgan fingerprint density at radius 2 is 1.79 bits per heavy atom. The van der Waals surface area contributed by atoms with Crippen molar-refractivity contribution in [1.82, 2.24) is 0 Å². The zero-order valence-electron chi connectivity index (χ0n) is 13.3. The normalized spacial score (nSPS) is 16.9. The fraction of sp³-hybridized carbons (Fsp3) is 0.0952. The second-order valence-electron chi connectivity index (χ2n) is 6.02. The Morgan fingerprint density at radius 3 is 2.42 bits per heavy atom. The van der Waals surface area contributed by atoms with Gasteiger partial charge in [0.1, 0.15) is 0 Å². The molecule has 1 aliphatic heterocycles. The number of carbonyl (C=O) groups excluding carboxylic acids is 1. The van der Waals surface area contributed by atoms with Gasteiger partial charge in [0.15, 0.2) is 0 Å². The molecule has 1 aliphatic carbocycles. The van der Waals surface area contributed by atoms with E-state index in [1.807, 2.05) is 54.6 Å². The van der Waals surface area contributed by atoms with E-state index in [4.69, 9.17) is 11.6 Å². The van der Waals surface area contributed by atoms with Gasteiger partial charge < -0.3 is 4.90 Å². The van der Waals surface area contributed by atoms with Crippen LogP contribution in [0.2, 0.25) is 5.02 Å². The molecule has 0 radical (unpaired) electrons. The molecule has 1 heterocycles. The quantitative estimate of drug-likeness (QED) is 0.771. The van der Waals surface area contributed by atoms with Crippen molar-refractivity contribution in [1.29, 1.82) is 0 Å². The molecule has 2 aromatic carbocycles. The number of allylic oxidation sites excluding steroid dienone is 3. The summed E-state index contributed by atoms with van der Waals surface area (Å²) in [5, 5.41) is 0.633. The Balaban J connectivity index is 1.81. The summed E-state index contributed by atoms with van der Waals surface area (Å²) in [5.74, 6) is 0.0269. The van der Waals surface area contributed by atoms with Gasteiger partial charge in [-0.3, -0.25) is 4.79 Å². The summed E-state index contributed by atoms with van der Waals surface area (Å²) in [6.45, 7) is 2.65. The van der Waals surface area contributed by atoms with Crippen LogP contribution in [0.5, 0.6) is 0 Å². The largest absolute Gasteiger partial charge is 0.304 e. The predicted molar refractivity (Wildman–Crippen MR) is 99.0 cm³/mol. The summed E-state index contributed by atoms with van der Waals surface area (Å²) in [6, 6.07) is 17.3. The lowest BCUT2D eigenvalue weighted by atomic mass is 9.88. The first kappa shape index (κ1) is 15.0. The number of hydrogen-bond donors (Lipinski definition) is 0. The summed E-state index contributed by atoms with van der Waals surface area (Å²) in [5.41, 5.74) is 6.06. The van der Waals surface area contributed by atoms with Crippen LogP contribution >= 0.6 is 11.6 Å². The Bertz CT molecular complexity index is 922. The first-order valence-electron chi connectivity index (χ1n) is 7.90. The van der Waals surface area contributed by atoms with Gasteiger partial charge in [0.2, 0.25) is 0 Å². The first-order chi connectivity index (χ1) is 11.6. The Morgan fingerprint density at radius 1 is 1.00 bits per heavy atom. The molecule has 0 saturated carbocycles. The number of benzene rings is 2. The Labute approximate surface area is 146 Å². The summed E-state index contributed by atoms with van der Waals surface area (Å²) >= 11 is 6.11. The minimum Gasteiger partial charge on any atom is -0.304 e. The number of anilines is 1. The standard InChI is InChI=1S/C21H16ClNO/c1-14-10-11-18(14)19-13-23(17-9-5-8-16(22)12-17)21(24)20(19)15-6-3-2-4-7-15/h2-12H,13H2,1H3. The molecule has 0 spiro atoms. The highest BCUT2D eigenvalue weighted by molar-refractivity contribution is 6.32. The Kier molecular flexibility index (Phi) is 3.62. The van der Waals surface area contributed by atoms with Crippen molar-refractivity contribution >= 4 is 28.8 Å². The van der Waals surface area contributed by atoms with Crippen molar-refractivity contribution < 1.29 is 4.79 Å². The third kappa shape index (κ3) is 2.40. The van der Waals surface area contributed by atoms with Gasteiger partial charge in [-0.15, -0.1) is 0 Å². The van der Waals surface area contributed by atoms with Crippen LogP contribution in [-0.2, 0) is 4.79 Å². The van der Waals surface area contributed by atoms with Gasteiger partial charge >= 0.3 is 0 Å². The molecule has 118 valence electrons. The number of hydrogen-bond acceptors (Lipinski definition) is 1. The maximum absolute atomic E-state index is 13.2. The van der Waals surface area contributed by atoms with E-state index in [0.717, 1.165) is 22.4 Å². The lowest BCUT2D eigenvalue weighted by molar-refractivity contribution is -0.112. The molecule has 2 aromatic rings. The molecule has 0 N–H and O–H groups in total. The second kappa shape index (κ2) is 5.81. The monoisotopic (exact) mass is 333 g/mol. The molecule has 24 heavy (non-hydrogen) atoms. The van der Waals surface area contributed by atoms with Gasteiger partial charge in [-0.25, -0.2) is 0 Å². The number of halogens is 1. The molecule has 0 bridgehead atoms. The number of carbonyl (C=O) groups is 1. The van der Waals surface area contributed by atoms with Gasteiger partial charge in [0.25, 0.3) is 5.91 Å². The van der Waals surface area contributed by atoms with Crippen molar-refractivity contribution in [3.63, 3.8) is 0 Å². The molecule has 2 aliphatic rings. The molecule has 0 atom stereocenters. The second-order valence-corrected chi connectivity index (χ2v) is 6.46. The molecule has 0 saturated heterocycles. The Hall–Kier alpha value is -2.58. The van der Waals surface area contributed by atoms with Gasteiger partial charge in [-0.2, -0.15) is 0 Å². The molecule has 0 fully saturated rings. The average molecular weight is 334 g/mol. The van der Waals surface area contributed by atoms with Gasteiger partial charge in [0.05, 0.1) is 12.1 Å². The number of amides is 1. The summed E-state index contributed by atoms with van der Waals surface area (Å²) in [7, 11) is 0. The lowest BCUT2D eigenvalue weighted by Gasteiger charge is -2.19. The number of nitrogens with zero attached hydrogens (tertiary/aromatic N) is 1. The highest BCUT2D eigenvalue weighted by atomic mass is 35.5. The van der Waals surface area contributed by atoms with E-state index in [0.29, 0.717) is 11.6 Å². The van der Waals surface area contributed by atoms with E-state index >= 15 is 0 Å². The molecule has 3 heteroatoms. The van der Waals surface area contributed by atoms with Crippen molar-refractivity contribution in [2.24, 2.45) is 0 Å². The molecule has 1 amide bonds. The van der Waals surface area contributed by atoms with Crippen LogP contribution in [0, 0.1) is 0 Å². The summed E-state index contributed by atoms with van der Waals surface area (Å²) < 4.78 is 0. The zero-order valence-corrected chi connectivity index (χ0v) is 14.0. The highest BCUT2D eigenvalue weighted by Crippen LogP contribution is 2.39. The van der Waals surface area contributed by atoms with Crippen molar-refractivity contribution in [3.05, 3.63) is 94.1 Å². The third-order valence-corrected chi connectivity index (χ3v) is 4.74. The van der Waals surface area contributed by atoms with Crippen LogP contribution in [0.3, 0.4) is 0 Å². The maximum atomic E-state index is 13.2. The molecule has 4 rings (SSSR count). The van der Waals surface area contributed by atoms with E-state index in [-0.39, 0.29) is 5.91 Å². The zero-order chi connectivity index (χ0) is 16.7. The van der Waals surface area contributed by atoms with E-state index in [1.54, 1.807) is 4.90 Å². The van der Waals surface area contributed by atoms with Gasteiger partial charge in [0, 0.05) is 10.7 Å². The first-order valence-corrected chi connectivity index (χ1v) is 8.28. The van der Waals surface area contributed by atoms with Crippen molar-refractivity contribution in [2.75, 3.05) is 11.4 Å². The number of rotatable bonds is 3. The molecule has 0 aromatic heterocycles. The lowest BCUT2D eigenvalue weighted by Crippen LogP contribution is -2.26. The van der Waals surface area contributed by atoms with E-state index in [2.05, 4.69) is 19.1 Å². The summed E-state index contributed by atoms with van der Waals surface area (Å²) in [6.07, 6.45) is 4.17. The molecule has 2 nitrogen and oxygen atoms in total. The van der Waals surface area contributed by atoms with Crippen LogP contribution in [0.25, 0.3) is 5.57 Å². The van der Waals surface area contributed by atoms with E-state index < -0.39 is 0 Å². The maximum Gasteiger partial charge on any atom is 0.259 e. The fourth-order valence-corrected chi connectivity index (χ4v) is 3.40.